The van der Waals surface area contributed by atoms with Crippen LogP contribution in [0.5, 0.6) is 0 Å². The molecule has 0 aromatic heterocycles. The minimum absolute atomic E-state index is 0.0574. The average molecular weight is 374 g/mol. The van der Waals surface area contributed by atoms with Crippen LogP contribution in [0.4, 0.5) is 0 Å². The van der Waals surface area contributed by atoms with Crippen LogP contribution in [0.1, 0.15) is 57.8 Å². The van der Waals surface area contributed by atoms with Gasteiger partial charge in [-0.05, 0) is 57.5 Å². The summed E-state index contributed by atoms with van der Waals surface area (Å²) in [6, 6.07) is 0. The first kappa shape index (κ1) is 19.5. The van der Waals surface area contributed by atoms with E-state index in [1.807, 2.05) is 0 Å². The summed E-state index contributed by atoms with van der Waals surface area (Å²) in [6.07, 6.45) is 10.3. The lowest BCUT2D eigenvalue weighted by Crippen LogP contribution is -2.57. The number of methoxy groups -OCH3 is 1. The van der Waals surface area contributed by atoms with Crippen molar-refractivity contribution in [1.29, 1.82) is 0 Å². The molecule has 1 saturated carbocycles. The Morgan fingerprint density at radius 3 is 2.24 bits per heavy atom. The zero-order valence-electron chi connectivity index (χ0n) is 15.7. The molecule has 3 fully saturated rings. The van der Waals surface area contributed by atoms with Gasteiger partial charge >= 0.3 is 0 Å². The van der Waals surface area contributed by atoms with Crippen LogP contribution in [0.15, 0.2) is 0 Å². The smallest absolute Gasteiger partial charge is 0.279 e. The SMILES string of the molecule is COCC1CCN(S(=O)(=O)NCC2(N3CCCCC3)CCCC2)CC1. The van der Waals surface area contributed by atoms with Crippen LogP contribution in [-0.4, -0.2) is 69.6 Å². The van der Waals surface area contributed by atoms with Gasteiger partial charge in [-0.2, -0.15) is 12.7 Å². The van der Waals surface area contributed by atoms with E-state index in [1.165, 1.54) is 32.1 Å². The van der Waals surface area contributed by atoms with Crippen molar-refractivity contribution in [3.63, 3.8) is 0 Å². The molecule has 0 radical (unpaired) electrons. The molecule has 3 aliphatic rings. The molecule has 1 aliphatic carbocycles. The standard InChI is InChI=1S/C18H35N3O3S/c1-24-15-17-7-13-21(14-8-17)25(22,23)19-16-18(9-3-4-10-18)20-11-5-2-6-12-20/h17,19H,2-16H2,1H3. The molecule has 0 amide bonds. The average Bonchev–Trinajstić information content (AvgIpc) is 3.12. The van der Waals surface area contributed by atoms with Crippen molar-refractivity contribution in [2.24, 2.45) is 5.92 Å². The van der Waals surface area contributed by atoms with Crippen LogP contribution in [0.25, 0.3) is 0 Å². The fourth-order valence-electron chi connectivity index (χ4n) is 4.87. The van der Waals surface area contributed by atoms with Crippen molar-refractivity contribution in [2.45, 2.75) is 63.3 Å². The maximum atomic E-state index is 12.8. The summed E-state index contributed by atoms with van der Waals surface area (Å²) in [6.45, 7) is 4.79. The molecule has 0 aromatic carbocycles. The number of hydrogen-bond acceptors (Lipinski definition) is 4. The van der Waals surface area contributed by atoms with Gasteiger partial charge in [-0.25, -0.2) is 4.72 Å². The molecule has 7 heteroatoms. The van der Waals surface area contributed by atoms with Crippen molar-refractivity contribution < 1.29 is 13.2 Å². The Balaban J connectivity index is 1.57. The minimum Gasteiger partial charge on any atom is -0.384 e. The van der Waals surface area contributed by atoms with Gasteiger partial charge in [0.2, 0.25) is 0 Å². The topological polar surface area (TPSA) is 61.9 Å². The second-order valence-electron chi connectivity index (χ2n) is 8.10. The Labute approximate surface area is 153 Å². The fourth-order valence-corrected chi connectivity index (χ4v) is 6.20. The third-order valence-corrected chi connectivity index (χ3v) is 8.01. The van der Waals surface area contributed by atoms with Crippen LogP contribution in [0.3, 0.4) is 0 Å². The fraction of sp³-hybridized carbons (Fsp3) is 1.00. The number of ether oxygens (including phenoxy) is 1. The zero-order valence-corrected chi connectivity index (χ0v) is 16.5. The van der Waals surface area contributed by atoms with Gasteiger partial charge in [0.25, 0.3) is 10.2 Å². The van der Waals surface area contributed by atoms with E-state index in [2.05, 4.69) is 9.62 Å². The summed E-state index contributed by atoms with van der Waals surface area (Å²) in [5.74, 6) is 0.492. The first-order valence-electron chi connectivity index (χ1n) is 10.0. The Kier molecular flexibility index (Phi) is 6.77. The molecule has 0 spiro atoms. The van der Waals surface area contributed by atoms with Crippen LogP contribution >= 0.6 is 0 Å². The summed E-state index contributed by atoms with van der Waals surface area (Å²) >= 11 is 0. The van der Waals surface area contributed by atoms with E-state index in [0.717, 1.165) is 45.4 Å². The lowest BCUT2D eigenvalue weighted by atomic mass is 9.92. The van der Waals surface area contributed by atoms with E-state index in [1.54, 1.807) is 11.4 Å². The predicted octanol–water partition coefficient (Wildman–Crippen LogP) is 1.98. The molecule has 0 unspecified atom stereocenters. The molecule has 0 atom stereocenters. The maximum Gasteiger partial charge on any atom is 0.279 e. The molecule has 2 heterocycles. The monoisotopic (exact) mass is 373 g/mol. The Morgan fingerprint density at radius 1 is 1.00 bits per heavy atom. The summed E-state index contributed by atoms with van der Waals surface area (Å²) < 4.78 is 35.4. The van der Waals surface area contributed by atoms with E-state index >= 15 is 0 Å². The first-order chi connectivity index (χ1) is 12.1. The van der Waals surface area contributed by atoms with Gasteiger partial charge in [-0.15, -0.1) is 0 Å². The summed E-state index contributed by atoms with van der Waals surface area (Å²) in [4.78, 5) is 2.58. The van der Waals surface area contributed by atoms with E-state index in [4.69, 9.17) is 4.74 Å². The van der Waals surface area contributed by atoms with Crippen molar-refractivity contribution in [2.75, 3.05) is 46.4 Å². The third-order valence-electron chi connectivity index (χ3n) is 6.46. The highest BCUT2D eigenvalue weighted by Crippen LogP contribution is 2.36. The maximum absolute atomic E-state index is 12.8. The molecule has 2 aliphatic heterocycles. The highest BCUT2D eigenvalue weighted by Gasteiger charge is 2.41. The van der Waals surface area contributed by atoms with E-state index < -0.39 is 10.2 Å². The second kappa shape index (κ2) is 8.65. The molecule has 6 nitrogen and oxygen atoms in total. The molecular weight excluding hydrogens is 338 g/mol. The highest BCUT2D eigenvalue weighted by molar-refractivity contribution is 7.87. The van der Waals surface area contributed by atoms with Crippen LogP contribution in [0.2, 0.25) is 0 Å². The highest BCUT2D eigenvalue weighted by atomic mass is 32.2. The normalized spacial score (nSPS) is 26.9. The van der Waals surface area contributed by atoms with Gasteiger partial charge in [0.1, 0.15) is 0 Å². The lowest BCUT2D eigenvalue weighted by Gasteiger charge is -2.44. The summed E-state index contributed by atoms with van der Waals surface area (Å²) in [5.41, 5.74) is 0.0574. The molecule has 3 rings (SSSR count). The molecule has 25 heavy (non-hydrogen) atoms. The Hall–Kier alpha value is -0.210. The van der Waals surface area contributed by atoms with Crippen molar-refractivity contribution >= 4 is 10.2 Å². The third kappa shape index (κ3) is 4.75. The number of nitrogens with one attached hydrogen (secondary N) is 1. The number of piperidine rings is 2. The Morgan fingerprint density at radius 2 is 1.64 bits per heavy atom. The van der Waals surface area contributed by atoms with Gasteiger partial charge in [0.15, 0.2) is 0 Å². The van der Waals surface area contributed by atoms with E-state index in [0.29, 0.717) is 25.6 Å². The van der Waals surface area contributed by atoms with E-state index in [-0.39, 0.29) is 5.54 Å². The van der Waals surface area contributed by atoms with Crippen LogP contribution < -0.4 is 4.72 Å². The number of nitrogens with zero attached hydrogens (tertiary/aromatic N) is 2. The zero-order chi connectivity index (χ0) is 17.8. The van der Waals surface area contributed by atoms with Gasteiger partial charge in [0.05, 0.1) is 0 Å². The minimum atomic E-state index is -3.37. The van der Waals surface area contributed by atoms with Gasteiger partial charge in [0, 0.05) is 38.9 Å². The summed E-state index contributed by atoms with van der Waals surface area (Å²) in [7, 11) is -1.66. The largest absolute Gasteiger partial charge is 0.384 e. The molecule has 146 valence electrons. The molecule has 1 N–H and O–H groups in total. The van der Waals surface area contributed by atoms with Gasteiger partial charge in [-0.3, -0.25) is 4.90 Å². The molecular formula is C18H35N3O3S. The molecule has 0 bridgehead atoms. The molecule has 0 aromatic rings. The predicted molar refractivity (Wildman–Crippen MR) is 99.7 cm³/mol. The lowest BCUT2D eigenvalue weighted by molar-refractivity contribution is 0.0736. The van der Waals surface area contributed by atoms with Crippen molar-refractivity contribution in [3.05, 3.63) is 0 Å². The van der Waals surface area contributed by atoms with Crippen LogP contribution in [-0.2, 0) is 14.9 Å². The van der Waals surface area contributed by atoms with Gasteiger partial charge in [-0.1, -0.05) is 19.3 Å². The number of hydrogen-bond donors (Lipinski definition) is 1. The van der Waals surface area contributed by atoms with E-state index in [9.17, 15) is 8.42 Å². The van der Waals surface area contributed by atoms with Crippen molar-refractivity contribution in [1.82, 2.24) is 13.9 Å². The number of likely N-dealkylation sites (tertiary alicyclic amines) is 1. The number of rotatable bonds is 7. The first-order valence-corrected chi connectivity index (χ1v) is 11.5. The van der Waals surface area contributed by atoms with Crippen molar-refractivity contribution in [3.8, 4) is 0 Å². The molecule has 2 saturated heterocycles. The quantitative estimate of drug-likeness (QED) is 0.741. The summed E-state index contributed by atoms with van der Waals surface area (Å²) in [5, 5.41) is 0. The Bertz CT molecular complexity index is 506. The van der Waals surface area contributed by atoms with Gasteiger partial charge < -0.3 is 4.74 Å². The second-order valence-corrected chi connectivity index (χ2v) is 9.86. The van der Waals surface area contributed by atoms with Crippen LogP contribution in [0, 0.1) is 5.92 Å².